The standard InChI is InChI=1S/C37H33N4O2.Pt/c1-37(2,3)26-19-20-38-35(21-26)41-33-16-9-8-15-31(33)32-18-17-30(23-34(32)41)42-29-14-10-11-27(22-29)40-25-39(4)24-36(40)43-28-12-6-5-7-13-28;/h5-25H,1-4H3;/q+1;. The molecule has 0 aliphatic heterocycles. The van der Waals surface area contributed by atoms with Crippen LogP contribution < -0.4 is 14.0 Å². The largest absolute Gasteiger partial charge is 0.457 e. The third-order valence-electron chi connectivity index (χ3n) is 7.63. The second-order valence-electron chi connectivity index (χ2n) is 11.8. The van der Waals surface area contributed by atoms with Gasteiger partial charge in [0.15, 0.2) is 6.20 Å². The number of para-hydroxylation sites is 2. The van der Waals surface area contributed by atoms with Gasteiger partial charge >= 0.3 is 5.88 Å². The van der Waals surface area contributed by atoms with Crippen LogP contribution in [0, 0.1) is 0 Å². The van der Waals surface area contributed by atoms with Crippen molar-refractivity contribution >= 4 is 21.8 Å². The number of imidazole rings is 1. The number of ether oxygens (including phenoxy) is 2. The molecule has 3 heterocycles. The van der Waals surface area contributed by atoms with Crippen LogP contribution in [0.2, 0.25) is 0 Å². The summed E-state index contributed by atoms with van der Waals surface area (Å²) in [5.41, 5.74) is 4.34. The average Bonchev–Trinajstić information content (AvgIpc) is 3.54. The van der Waals surface area contributed by atoms with E-state index < -0.39 is 0 Å². The van der Waals surface area contributed by atoms with Crippen molar-refractivity contribution < 1.29 is 35.1 Å². The maximum atomic E-state index is 6.48. The Morgan fingerprint density at radius 1 is 0.682 bits per heavy atom. The zero-order chi connectivity index (χ0) is 29.6. The SMILES string of the molecule is C[n+]1cc(Oc2ccccc2)n(-c2cccc(Oc3ccc4c5ccccc5n(-c5cc(C(C)(C)C)ccn5)c4c3)c2)c1.[Pt]. The maximum Gasteiger partial charge on any atom is 0.335 e. The Morgan fingerprint density at radius 2 is 1.41 bits per heavy atom. The van der Waals surface area contributed by atoms with Gasteiger partial charge in [-0.25, -0.2) is 9.55 Å². The molecule has 0 atom stereocenters. The third kappa shape index (κ3) is 5.66. The fourth-order valence-electron chi connectivity index (χ4n) is 5.49. The summed E-state index contributed by atoms with van der Waals surface area (Å²) in [6, 6.07) is 36.9. The summed E-state index contributed by atoms with van der Waals surface area (Å²) >= 11 is 0. The number of fused-ring (bicyclic) bond motifs is 3. The van der Waals surface area contributed by atoms with Gasteiger partial charge < -0.3 is 9.47 Å². The molecule has 0 saturated heterocycles. The van der Waals surface area contributed by atoms with Crippen LogP contribution in [-0.2, 0) is 33.5 Å². The number of rotatable bonds is 6. The molecule has 0 N–H and O–H groups in total. The Labute approximate surface area is 271 Å². The van der Waals surface area contributed by atoms with Crippen LogP contribution in [0.1, 0.15) is 26.3 Å². The quantitative estimate of drug-likeness (QED) is 0.160. The summed E-state index contributed by atoms with van der Waals surface area (Å²) in [6.07, 6.45) is 5.84. The van der Waals surface area contributed by atoms with E-state index in [4.69, 9.17) is 14.5 Å². The summed E-state index contributed by atoms with van der Waals surface area (Å²) in [6.45, 7) is 6.67. The van der Waals surface area contributed by atoms with Crippen molar-refractivity contribution in [2.24, 2.45) is 7.05 Å². The van der Waals surface area contributed by atoms with E-state index in [9.17, 15) is 0 Å². The van der Waals surface area contributed by atoms with Gasteiger partial charge in [0.1, 0.15) is 28.8 Å². The van der Waals surface area contributed by atoms with Gasteiger partial charge in [0.05, 0.1) is 18.1 Å². The molecule has 0 saturated carbocycles. The average molecular weight is 761 g/mol. The molecule has 0 bridgehead atoms. The monoisotopic (exact) mass is 760 g/mol. The molecule has 0 amide bonds. The van der Waals surface area contributed by atoms with Crippen molar-refractivity contribution in [3.05, 3.63) is 133 Å². The molecule has 7 rings (SSSR count). The Balaban J connectivity index is 0.00000343. The summed E-state index contributed by atoms with van der Waals surface area (Å²) < 4.78 is 18.9. The number of hydrogen-bond acceptors (Lipinski definition) is 3. The fourth-order valence-corrected chi connectivity index (χ4v) is 5.49. The molecule has 0 aliphatic rings. The van der Waals surface area contributed by atoms with Crippen molar-refractivity contribution in [2.75, 3.05) is 0 Å². The molecule has 3 aromatic heterocycles. The molecular weight excluding hydrogens is 728 g/mol. The minimum atomic E-state index is 0. The van der Waals surface area contributed by atoms with E-state index in [1.54, 1.807) is 0 Å². The van der Waals surface area contributed by atoms with E-state index in [2.05, 4.69) is 73.9 Å². The summed E-state index contributed by atoms with van der Waals surface area (Å²) in [5, 5.41) is 2.34. The molecule has 0 unspecified atom stereocenters. The number of aryl methyl sites for hydroxylation is 1. The molecule has 0 aliphatic carbocycles. The minimum Gasteiger partial charge on any atom is -0.457 e. The van der Waals surface area contributed by atoms with Crippen LogP contribution in [0.25, 0.3) is 33.3 Å². The fraction of sp³-hybridized carbons (Fsp3) is 0.135. The second-order valence-corrected chi connectivity index (χ2v) is 11.8. The minimum absolute atomic E-state index is 0. The number of pyridine rings is 1. The van der Waals surface area contributed by atoms with E-state index in [0.717, 1.165) is 45.2 Å². The van der Waals surface area contributed by atoms with Gasteiger partial charge in [0.25, 0.3) is 6.33 Å². The van der Waals surface area contributed by atoms with Gasteiger partial charge in [0, 0.05) is 50.2 Å². The number of hydrogen-bond donors (Lipinski definition) is 0. The van der Waals surface area contributed by atoms with E-state index >= 15 is 0 Å². The van der Waals surface area contributed by atoms with E-state index in [1.807, 2.05) is 95.6 Å². The molecule has 0 radical (unpaired) electrons. The number of benzene rings is 4. The van der Waals surface area contributed by atoms with Crippen LogP contribution in [0.4, 0.5) is 0 Å². The molecule has 0 spiro atoms. The van der Waals surface area contributed by atoms with Gasteiger partial charge in [-0.05, 0) is 65.6 Å². The Bertz CT molecular complexity index is 2090. The maximum absolute atomic E-state index is 6.48. The van der Waals surface area contributed by atoms with Gasteiger partial charge in [-0.15, -0.1) is 0 Å². The van der Waals surface area contributed by atoms with Crippen molar-refractivity contribution in [3.8, 4) is 34.6 Å². The van der Waals surface area contributed by atoms with Crippen LogP contribution in [-0.4, -0.2) is 14.1 Å². The third-order valence-corrected chi connectivity index (χ3v) is 7.63. The van der Waals surface area contributed by atoms with E-state index in [-0.39, 0.29) is 26.5 Å². The molecule has 4 aromatic carbocycles. The molecular formula is C37H33N4O2Pt+. The topological polar surface area (TPSA) is 45.1 Å². The van der Waals surface area contributed by atoms with Gasteiger partial charge in [-0.1, -0.05) is 63.2 Å². The first-order valence-electron chi connectivity index (χ1n) is 14.4. The zero-order valence-electron chi connectivity index (χ0n) is 25.0. The molecule has 6 nitrogen and oxygen atoms in total. The van der Waals surface area contributed by atoms with Crippen LogP contribution in [0.5, 0.6) is 23.1 Å². The molecule has 7 heteroatoms. The molecule has 222 valence electrons. The van der Waals surface area contributed by atoms with E-state index in [0.29, 0.717) is 5.88 Å². The Kier molecular flexibility index (Phi) is 7.87. The summed E-state index contributed by atoms with van der Waals surface area (Å²) in [5.74, 6) is 3.86. The zero-order valence-corrected chi connectivity index (χ0v) is 27.3. The van der Waals surface area contributed by atoms with Crippen LogP contribution in [0.15, 0.2) is 128 Å². The molecule has 0 fully saturated rings. The van der Waals surface area contributed by atoms with Crippen LogP contribution >= 0.6 is 0 Å². The van der Waals surface area contributed by atoms with Crippen molar-refractivity contribution in [3.63, 3.8) is 0 Å². The van der Waals surface area contributed by atoms with Crippen LogP contribution in [0.3, 0.4) is 0 Å². The van der Waals surface area contributed by atoms with Gasteiger partial charge in [-0.3, -0.25) is 4.57 Å². The number of aromatic nitrogens is 4. The summed E-state index contributed by atoms with van der Waals surface area (Å²) in [7, 11) is 1.98. The smallest absolute Gasteiger partial charge is 0.335 e. The van der Waals surface area contributed by atoms with Crippen molar-refractivity contribution in [1.29, 1.82) is 0 Å². The van der Waals surface area contributed by atoms with Gasteiger partial charge in [0.2, 0.25) is 0 Å². The predicted octanol–water partition coefficient (Wildman–Crippen LogP) is 8.67. The summed E-state index contributed by atoms with van der Waals surface area (Å²) in [4.78, 5) is 4.80. The predicted molar refractivity (Wildman–Crippen MR) is 171 cm³/mol. The first-order chi connectivity index (χ1) is 20.8. The first-order valence-corrected chi connectivity index (χ1v) is 14.4. The Hall–Kier alpha value is -4.67. The van der Waals surface area contributed by atoms with Gasteiger partial charge in [-0.2, -0.15) is 4.57 Å². The normalized spacial score (nSPS) is 11.5. The van der Waals surface area contributed by atoms with E-state index in [1.165, 1.54) is 10.9 Å². The first kappa shape index (κ1) is 29.4. The second kappa shape index (κ2) is 11.8. The molecule has 44 heavy (non-hydrogen) atoms. The Morgan fingerprint density at radius 3 is 2.23 bits per heavy atom. The molecule has 7 aromatic rings. The van der Waals surface area contributed by atoms with Crippen molar-refractivity contribution in [1.82, 2.24) is 14.1 Å². The number of nitrogens with zero attached hydrogens (tertiary/aromatic N) is 4. The van der Waals surface area contributed by atoms with Crippen molar-refractivity contribution in [2.45, 2.75) is 26.2 Å².